The fourth-order valence-electron chi connectivity index (χ4n) is 4.97. The highest BCUT2D eigenvalue weighted by Gasteiger charge is 2.41. The van der Waals surface area contributed by atoms with E-state index in [9.17, 15) is 4.79 Å². The summed E-state index contributed by atoms with van der Waals surface area (Å²) in [5, 5.41) is 0. The number of hydrogen-bond donors (Lipinski definition) is 0. The fraction of sp³-hybridized carbons (Fsp3) is 0.480. The fourth-order valence-corrected chi connectivity index (χ4v) is 4.97. The SMILES string of the molecule is COc1ccc(CC(=O)N(Cc2ccc(C)cc2)C2C[C@H]3CC[C@@H](C2)N3C)cc1. The van der Waals surface area contributed by atoms with Crippen LogP contribution in [0.15, 0.2) is 48.5 Å². The van der Waals surface area contributed by atoms with Gasteiger partial charge in [0.1, 0.15) is 5.75 Å². The van der Waals surface area contributed by atoms with Crippen molar-refractivity contribution >= 4 is 5.91 Å². The van der Waals surface area contributed by atoms with Crippen LogP contribution >= 0.6 is 0 Å². The number of fused-ring (bicyclic) bond motifs is 2. The Morgan fingerprint density at radius 3 is 2.17 bits per heavy atom. The molecule has 2 aliphatic heterocycles. The number of methoxy groups -OCH3 is 1. The Balaban J connectivity index is 1.53. The third kappa shape index (κ3) is 4.48. The topological polar surface area (TPSA) is 32.8 Å². The van der Waals surface area contributed by atoms with Crippen LogP contribution in [0.1, 0.15) is 42.4 Å². The molecule has 0 saturated carbocycles. The van der Waals surface area contributed by atoms with Gasteiger partial charge in [-0.3, -0.25) is 4.79 Å². The van der Waals surface area contributed by atoms with E-state index >= 15 is 0 Å². The summed E-state index contributed by atoms with van der Waals surface area (Å²) in [4.78, 5) is 18.1. The van der Waals surface area contributed by atoms with Gasteiger partial charge < -0.3 is 14.5 Å². The summed E-state index contributed by atoms with van der Waals surface area (Å²) in [5.41, 5.74) is 3.51. The van der Waals surface area contributed by atoms with E-state index in [4.69, 9.17) is 4.74 Å². The summed E-state index contributed by atoms with van der Waals surface area (Å²) in [7, 11) is 3.92. The number of rotatable bonds is 6. The molecule has 1 amide bonds. The second-order valence-corrected chi connectivity index (χ2v) is 8.71. The molecule has 0 radical (unpaired) electrons. The highest BCUT2D eigenvalue weighted by molar-refractivity contribution is 5.79. The van der Waals surface area contributed by atoms with Crippen molar-refractivity contribution in [2.45, 2.75) is 63.7 Å². The Morgan fingerprint density at radius 2 is 1.59 bits per heavy atom. The van der Waals surface area contributed by atoms with E-state index in [1.54, 1.807) is 7.11 Å². The minimum atomic E-state index is 0.227. The number of amides is 1. The number of carbonyl (C=O) groups excluding carboxylic acids is 1. The monoisotopic (exact) mass is 392 g/mol. The van der Waals surface area contributed by atoms with Crippen LogP contribution in [0, 0.1) is 6.92 Å². The molecule has 2 aliphatic rings. The Bertz CT molecular complexity index is 817. The van der Waals surface area contributed by atoms with Crippen LogP contribution in [0.25, 0.3) is 0 Å². The van der Waals surface area contributed by atoms with Gasteiger partial charge in [-0.25, -0.2) is 0 Å². The molecule has 1 unspecified atom stereocenters. The lowest BCUT2D eigenvalue weighted by Crippen LogP contribution is -2.50. The highest BCUT2D eigenvalue weighted by Crippen LogP contribution is 2.37. The standard InChI is InChI=1S/C25H32N2O2/c1-18-4-6-20(7-5-18)17-27(23-15-21-10-11-22(16-23)26(21)2)25(28)14-19-8-12-24(29-3)13-9-19/h4-9,12-13,21-23H,10-11,14-17H2,1-3H3/t21-,22+,23?. The number of carbonyl (C=O) groups is 1. The lowest BCUT2D eigenvalue weighted by Gasteiger charge is -2.42. The van der Waals surface area contributed by atoms with Gasteiger partial charge in [-0.15, -0.1) is 0 Å². The smallest absolute Gasteiger partial charge is 0.227 e. The van der Waals surface area contributed by atoms with E-state index in [1.807, 2.05) is 24.3 Å². The zero-order valence-electron chi connectivity index (χ0n) is 17.8. The van der Waals surface area contributed by atoms with Crippen LogP contribution in [0.2, 0.25) is 0 Å². The van der Waals surface area contributed by atoms with E-state index in [1.165, 1.54) is 24.0 Å². The number of piperidine rings is 1. The van der Waals surface area contributed by atoms with Gasteiger partial charge in [0, 0.05) is 24.7 Å². The summed E-state index contributed by atoms with van der Waals surface area (Å²) >= 11 is 0. The molecule has 2 heterocycles. The normalized spacial score (nSPS) is 23.8. The average Bonchev–Trinajstić information content (AvgIpc) is 2.93. The van der Waals surface area contributed by atoms with Crippen LogP contribution in [0.5, 0.6) is 5.75 Å². The zero-order valence-corrected chi connectivity index (χ0v) is 17.8. The molecule has 0 aliphatic carbocycles. The number of benzene rings is 2. The highest BCUT2D eigenvalue weighted by atomic mass is 16.5. The van der Waals surface area contributed by atoms with Crippen LogP contribution in [0.3, 0.4) is 0 Å². The minimum absolute atomic E-state index is 0.227. The van der Waals surface area contributed by atoms with Crippen molar-refractivity contribution in [2.75, 3.05) is 14.2 Å². The van der Waals surface area contributed by atoms with Gasteiger partial charge in [-0.05, 0) is 62.9 Å². The first-order valence-corrected chi connectivity index (χ1v) is 10.7. The van der Waals surface area contributed by atoms with Gasteiger partial charge in [0.25, 0.3) is 0 Å². The van der Waals surface area contributed by atoms with E-state index < -0.39 is 0 Å². The van der Waals surface area contributed by atoms with E-state index in [-0.39, 0.29) is 5.91 Å². The maximum atomic E-state index is 13.4. The average molecular weight is 393 g/mol. The van der Waals surface area contributed by atoms with Crippen molar-refractivity contribution in [1.29, 1.82) is 0 Å². The maximum absolute atomic E-state index is 13.4. The lowest BCUT2D eigenvalue weighted by molar-refractivity contribution is -0.135. The molecule has 0 N–H and O–H groups in total. The van der Waals surface area contributed by atoms with Gasteiger partial charge in [0.15, 0.2) is 0 Å². The minimum Gasteiger partial charge on any atom is -0.497 e. The largest absolute Gasteiger partial charge is 0.497 e. The van der Waals surface area contributed by atoms with Crippen LogP contribution < -0.4 is 4.74 Å². The quantitative estimate of drug-likeness (QED) is 0.739. The first-order valence-electron chi connectivity index (χ1n) is 10.7. The van der Waals surface area contributed by atoms with E-state index in [0.717, 1.165) is 24.2 Å². The van der Waals surface area contributed by atoms with Gasteiger partial charge in [0.05, 0.1) is 13.5 Å². The molecule has 29 heavy (non-hydrogen) atoms. The summed E-state index contributed by atoms with van der Waals surface area (Å²) in [5.74, 6) is 1.05. The first-order chi connectivity index (χ1) is 14.0. The van der Waals surface area contributed by atoms with Gasteiger partial charge in [-0.1, -0.05) is 42.0 Å². The second-order valence-electron chi connectivity index (χ2n) is 8.71. The zero-order chi connectivity index (χ0) is 20.4. The summed E-state index contributed by atoms with van der Waals surface area (Å²) in [6.07, 6.45) is 5.16. The van der Waals surface area contributed by atoms with Crippen molar-refractivity contribution < 1.29 is 9.53 Å². The molecule has 2 aromatic rings. The first kappa shape index (κ1) is 20.0. The number of hydrogen-bond acceptors (Lipinski definition) is 3. The molecule has 2 fully saturated rings. The van der Waals surface area contributed by atoms with E-state index in [0.29, 0.717) is 31.1 Å². The Kier molecular flexibility index (Phi) is 5.91. The van der Waals surface area contributed by atoms with Crippen LogP contribution in [0.4, 0.5) is 0 Å². The summed E-state index contributed by atoms with van der Waals surface area (Å²) in [6, 6.07) is 18.0. The molecule has 154 valence electrons. The molecule has 4 rings (SSSR count). The Morgan fingerprint density at radius 1 is 1.00 bits per heavy atom. The number of aryl methyl sites for hydroxylation is 1. The molecule has 4 nitrogen and oxygen atoms in total. The Labute approximate surface area is 174 Å². The van der Waals surface area contributed by atoms with Crippen molar-refractivity contribution in [3.8, 4) is 5.75 Å². The van der Waals surface area contributed by atoms with Crippen LogP contribution in [-0.4, -0.2) is 48.0 Å². The molecular weight excluding hydrogens is 360 g/mol. The number of nitrogens with zero attached hydrogens (tertiary/aromatic N) is 2. The van der Waals surface area contributed by atoms with Gasteiger partial charge >= 0.3 is 0 Å². The van der Waals surface area contributed by atoms with Gasteiger partial charge in [0.2, 0.25) is 5.91 Å². The molecule has 4 heteroatoms. The molecule has 2 aromatic carbocycles. The van der Waals surface area contributed by atoms with E-state index in [2.05, 4.69) is 48.0 Å². The van der Waals surface area contributed by atoms with Crippen molar-refractivity contribution in [2.24, 2.45) is 0 Å². The Hall–Kier alpha value is -2.33. The maximum Gasteiger partial charge on any atom is 0.227 e. The summed E-state index contributed by atoms with van der Waals surface area (Å²) < 4.78 is 5.25. The van der Waals surface area contributed by atoms with Crippen molar-refractivity contribution in [3.05, 3.63) is 65.2 Å². The lowest BCUT2D eigenvalue weighted by atomic mass is 9.95. The molecular formula is C25H32N2O2. The third-order valence-corrected chi connectivity index (χ3v) is 6.82. The predicted molar refractivity (Wildman–Crippen MR) is 116 cm³/mol. The molecule has 0 aromatic heterocycles. The van der Waals surface area contributed by atoms with Crippen LogP contribution in [-0.2, 0) is 17.8 Å². The molecule has 2 bridgehead atoms. The second kappa shape index (κ2) is 8.58. The molecule has 2 saturated heterocycles. The predicted octanol–water partition coefficient (Wildman–Crippen LogP) is 4.20. The number of ether oxygens (including phenoxy) is 1. The van der Waals surface area contributed by atoms with Crippen molar-refractivity contribution in [3.63, 3.8) is 0 Å². The third-order valence-electron chi connectivity index (χ3n) is 6.82. The van der Waals surface area contributed by atoms with Gasteiger partial charge in [-0.2, -0.15) is 0 Å². The van der Waals surface area contributed by atoms with Crippen molar-refractivity contribution in [1.82, 2.24) is 9.80 Å². The summed E-state index contributed by atoms with van der Waals surface area (Å²) in [6.45, 7) is 2.80. The molecule has 0 spiro atoms. The molecule has 3 atom stereocenters.